The van der Waals surface area contributed by atoms with Crippen LogP contribution >= 0.6 is 22.6 Å². The van der Waals surface area contributed by atoms with E-state index in [4.69, 9.17) is 0 Å². The van der Waals surface area contributed by atoms with Gasteiger partial charge in [-0.25, -0.2) is 4.39 Å². The monoisotopic (exact) mass is 316 g/mol. The Hall–Kier alpha value is -0.910. The quantitative estimate of drug-likeness (QED) is 0.796. The molecule has 0 N–H and O–H groups in total. The van der Waals surface area contributed by atoms with Crippen molar-refractivity contribution in [2.24, 2.45) is 0 Å². The van der Waals surface area contributed by atoms with Crippen molar-refractivity contribution in [3.05, 3.63) is 51.6 Å². The molecule has 0 bridgehead atoms. The number of hydrogen-bond acceptors (Lipinski definition) is 1. The second-order valence-corrected chi connectivity index (χ2v) is 4.54. The number of halogens is 2. The molecule has 1 aromatic heterocycles. The number of hydrogen-bond donors (Lipinski definition) is 0. The predicted octanol–water partition coefficient (Wildman–Crippen LogP) is 2.87. The third-order valence-electron chi connectivity index (χ3n) is 2.14. The van der Waals surface area contributed by atoms with Gasteiger partial charge in [-0.05, 0) is 46.7 Å². The summed E-state index contributed by atoms with van der Waals surface area (Å²) in [7, 11) is 0. The van der Waals surface area contributed by atoms with Gasteiger partial charge in [-0.1, -0.05) is 12.1 Å². The smallest absolute Gasteiger partial charge is 0.123 e. The van der Waals surface area contributed by atoms with Gasteiger partial charge in [0, 0.05) is 12.7 Å². The third kappa shape index (κ3) is 3.02. The molecule has 0 aliphatic heterocycles. The zero-order valence-corrected chi connectivity index (χ0v) is 10.2. The lowest BCUT2D eigenvalue weighted by molar-refractivity contribution is 0.609. The Morgan fingerprint density at radius 1 is 1.27 bits per heavy atom. The SMILES string of the molecule is Fc1ccc(CCn2cc(I)cn2)cc1. The predicted molar refractivity (Wildman–Crippen MR) is 65.0 cm³/mol. The molecule has 15 heavy (non-hydrogen) atoms. The lowest BCUT2D eigenvalue weighted by atomic mass is 10.1. The van der Waals surface area contributed by atoms with E-state index in [9.17, 15) is 4.39 Å². The lowest BCUT2D eigenvalue weighted by Gasteiger charge is -2.01. The summed E-state index contributed by atoms with van der Waals surface area (Å²) in [6.07, 6.45) is 4.69. The van der Waals surface area contributed by atoms with Crippen LogP contribution in [-0.2, 0) is 13.0 Å². The fourth-order valence-corrected chi connectivity index (χ4v) is 1.80. The molecule has 0 fully saturated rings. The zero-order valence-electron chi connectivity index (χ0n) is 8.03. The Morgan fingerprint density at radius 3 is 2.60 bits per heavy atom. The van der Waals surface area contributed by atoms with Gasteiger partial charge in [0.25, 0.3) is 0 Å². The topological polar surface area (TPSA) is 17.8 Å². The molecule has 2 nitrogen and oxygen atoms in total. The van der Waals surface area contributed by atoms with Gasteiger partial charge in [0.15, 0.2) is 0 Å². The minimum Gasteiger partial charge on any atom is -0.271 e. The van der Waals surface area contributed by atoms with Crippen LogP contribution in [0.15, 0.2) is 36.7 Å². The van der Waals surface area contributed by atoms with Crippen LogP contribution in [0.3, 0.4) is 0 Å². The molecule has 2 rings (SSSR count). The van der Waals surface area contributed by atoms with E-state index in [2.05, 4.69) is 27.7 Å². The number of aromatic nitrogens is 2. The van der Waals surface area contributed by atoms with Gasteiger partial charge < -0.3 is 0 Å². The number of rotatable bonds is 3. The molecule has 0 unspecified atom stereocenters. The van der Waals surface area contributed by atoms with E-state index in [1.165, 1.54) is 12.1 Å². The van der Waals surface area contributed by atoms with Crippen LogP contribution in [0.4, 0.5) is 4.39 Å². The molecule has 0 radical (unpaired) electrons. The summed E-state index contributed by atoms with van der Waals surface area (Å²) in [5.41, 5.74) is 1.13. The van der Waals surface area contributed by atoms with E-state index in [0.29, 0.717) is 0 Å². The molecule has 2 aromatic rings. The van der Waals surface area contributed by atoms with Crippen LogP contribution in [0.1, 0.15) is 5.56 Å². The van der Waals surface area contributed by atoms with Crippen LogP contribution in [0.25, 0.3) is 0 Å². The summed E-state index contributed by atoms with van der Waals surface area (Å²) in [6, 6.07) is 6.60. The van der Waals surface area contributed by atoms with Gasteiger partial charge in [0.2, 0.25) is 0 Å². The van der Waals surface area contributed by atoms with Gasteiger partial charge in [0.05, 0.1) is 9.77 Å². The highest BCUT2D eigenvalue weighted by molar-refractivity contribution is 14.1. The fraction of sp³-hybridized carbons (Fsp3) is 0.182. The Morgan fingerprint density at radius 2 is 2.00 bits per heavy atom. The molecule has 4 heteroatoms. The highest BCUT2D eigenvalue weighted by Gasteiger charge is 1.97. The molecule has 0 amide bonds. The van der Waals surface area contributed by atoms with Crippen molar-refractivity contribution in [2.75, 3.05) is 0 Å². The van der Waals surface area contributed by atoms with E-state index >= 15 is 0 Å². The van der Waals surface area contributed by atoms with E-state index in [1.807, 2.05) is 29.2 Å². The molecular formula is C11H10FIN2. The van der Waals surface area contributed by atoms with Crippen LogP contribution in [0.5, 0.6) is 0 Å². The molecule has 0 saturated heterocycles. The highest BCUT2D eigenvalue weighted by atomic mass is 127. The summed E-state index contributed by atoms with van der Waals surface area (Å²) in [6.45, 7) is 0.828. The minimum atomic E-state index is -0.188. The van der Waals surface area contributed by atoms with E-state index in [-0.39, 0.29) is 5.82 Å². The molecule has 0 atom stereocenters. The molecule has 1 heterocycles. The molecular weight excluding hydrogens is 306 g/mol. The minimum absolute atomic E-state index is 0.188. The number of benzene rings is 1. The molecule has 1 aromatic carbocycles. The molecule has 0 spiro atoms. The van der Waals surface area contributed by atoms with Crippen molar-refractivity contribution in [1.29, 1.82) is 0 Å². The summed E-state index contributed by atoms with van der Waals surface area (Å²) >= 11 is 2.23. The van der Waals surface area contributed by atoms with E-state index < -0.39 is 0 Å². The Bertz CT molecular complexity index is 436. The van der Waals surface area contributed by atoms with Gasteiger partial charge in [-0.3, -0.25) is 4.68 Å². The van der Waals surface area contributed by atoms with Crippen molar-refractivity contribution >= 4 is 22.6 Å². The maximum absolute atomic E-state index is 12.6. The van der Waals surface area contributed by atoms with Crippen molar-refractivity contribution in [3.63, 3.8) is 0 Å². The summed E-state index contributed by atoms with van der Waals surface area (Å²) < 4.78 is 15.7. The first-order valence-corrected chi connectivity index (χ1v) is 5.74. The Balaban J connectivity index is 1.96. The first kappa shape index (κ1) is 10.6. The third-order valence-corrected chi connectivity index (χ3v) is 2.70. The van der Waals surface area contributed by atoms with Crippen LogP contribution in [0, 0.1) is 9.39 Å². The molecule has 78 valence electrons. The summed E-state index contributed by atoms with van der Waals surface area (Å²) in [5, 5.41) is 4.18. The summed E-state index contributed by atoms with van der Waals surface area (Å²) in [5.74, 6) is -0.188. The van der Waals surface area contributed by atoms with E-state index in [1.54, 1.807) is 0 Å². The van der Waals surface area contributed by atoms with Crippen LogP contribution < -0.4 is 0 Å². The first-order valence-electron chi connectivity index (χ1n) is 4.66. The highest BCUT2D eigenvalue weighted by Crippen LogP contribution is 2.06. The van der Waals surface area contributed by atoms with Crippen molar-refractivity contribution < 1.29 is 4.39 Å². The first-order chi connectivity index (χ1) is 7.24. The number of nitrogens with zero attached hydrogens (tertiary/aromatic N) is 2. The van der Waals surface area contributed by atoms with Gasteiger partial charge in [0.1, 0.15) is 5.82 Å². The van der Waals surface area contributed by atoms with Crippen LogP contribution in [-0.4, -0.2) is 9.78 Å². The largest absolute Gasteiger partial charge is 0.271 e. The molecule has 0 aliphatic carbocycles. The van der Waals surface area contributed by atoms with Crippen molar-refractivity contribution in [1.82, 2.24) is 9.78 Å². The normalized spacial score (nSPS) is 10.5. The van der Waals surface area contributed by atoms with Gasteiger partial charge >= 0.3 is 0 Å². The summed E-state index contributed by atoms with van der Waals surface area (Å²) in [4.78, 5) is 0. The van der Waals surface area contributed by atoms with Crippen molar-refractivity contribution in [3.8, 4) is 0 Å². The maximum Gasteiger partial charge on any atom is 0.123 e. The second-order valence-electron chi connectivity index (χ2n) is 3.30. The van der Waals surface area contributed by atoms with Gasteiger partial charge in [-0.2, -0.15) is 5.10 Å². The van der Waals surface area contributed by atoms with Crippen molar-refractivity contribution in [2.45, 2.75) is 13.0 Å². The second kappa shape index (κ2) is 4.74. The van der Waals surface area contributed by atoms with E-state index in [0.717, 1.165) is 22.1 Å². The fourth-order valence-electron chi connectivity index (χ4n) is 1.36. The Kier molecular flexibility index (Phi) is 3.35. The van der Waals surface area contributed by atoms with Crippen LogP contribution in [0.2, 0.25) is 0 Å². The average Bonchev–Trinajstić information content (AvgIpc) is 2.64. The average molecular weight is 316 g/mol. The van der Waals surface area contributed by atoms with Gasteiger partial charge in [-0.15, -0.1) is 0 Å². The lowest BCUT2D eigenvalue weighted by Crippen LogP contribution is -2.01. The molecule has 0 saturated carbocycles. The number of aryl methyl sites for hydroxylation is 2. The zero-order chi connectivity index (χ0) is 10.7. The Labute approximate surface area is 101 Å². The maximum atomic E-state index is 12.6. The molecule has 0 aliphatic rings. The standard InChI is InChI=1S/C11H10FIN2/c12-10-3-1-9(2-4-10)5-6-15-8-11(13)7-14-15/h1-4,7-8H,5-6H2.